The molecule has 0 bridgehead atoms. The van der Waals surface area contributed by atoms with Gasteiger partial charge in [-0.1, -0.05) is 44.1 Å². The normalized spacial score (nSPS) is 43.9. The smallest absolute Gasteiger partial charge is 0.309 e. The van der Waals surface area contributed by atoms with Crippen LogP contribution in [0.2, 0.25) is 0 Å². The predicted octanol–water partition coefficient (Wildman–Crippen LogP) is 3.65. The molecule has 4 aliphatic rings. The van der Waals surface area contributed by atoms with E-state index in [1.807, 2.05) is 6.92 Å². The number of aliphatic hydroxyl groups is 1. The number of fused-ring (bicyclic) bond motifs is 1. The van der Waals surface area contributed by atoms with Crippen molar-refractivity contribution < 1.29 is 28.9 Å². The number of amides is 1. The largest absolute Gasteiger partial charge is 0.447 e. The van der Waals surface area contributed by atoms with Gasteiger partial charge in [-0.05, 0) is 58.8 Å². The third kappa shape index (κ3) is 4.47. The van der Waals surface area contributed by atoms with Crippen molar-refractivity contribution in [3.63, 3.8) is 0 Å². The number of rotatable bonds is 2. The van der Waals surface area contributed by atoms with E-state index >= 15 is 0 Å². The van der Waals surface area contributed by atoms with Crippen LogP contribution in [0.4, 0.5) is 0 Å². The van der Waals surface area contributed by atoms with Crippen LogP contribution in [-0.4, -0.2) is 52.7 Å². The summed E-state index contributed by atoms with van der Waals surface area (Å²) in [5.41, 5.74) is 0.962. The Morgan fingerprint density at radius 3 is 2.56 bits per heavy atom. The van der Waals surface area contributed by atoms with Crippen molar-refractivity contribution in [2.75, 3.05) is 0 Å². The summed E-state index contributed by atoms with van der Waals surface area (Å²) in [4.78, 5) is 27.2. The molecule has 1 amide bonds. The molecule has 2 N–H and O–H groups in total. The van der Waals surface area contributed by atoms with Crippen LogP contribution in [0.3, 0.4) is 0 Å². The summed E-state index contributed by atoms with van der Waals surface area (Å²) in [7, 11) is 0. The number of esters is 1. The Bertz CT molecular complexity index is 892. The van der Waals surface area contributed by atoms with Gasteiger partial charge in [-0.2, -0.15) is 0 Å². The molecule has 0 aromatic heterocycles. The number of ether oxygens (including phenoxy) is 3. The van der Waals surface area contributed by atoms with Crippen LogP contribution in [0.25, 0.3) is 0 Å². The van der Waals surface area contributed by atoms with E-state index in [-0.39, 0.29) is 36.1 Å². The average molecular weight is 476 g/mol. The quantitative estimate of drug-likeness (QED) is 0.468. The maximum Gasteiger partial charge on any atom is 0.309 e. The van der Waals surface area contributed by atoms with E-state index in [1.165, 1.54) is 5.57 Å². The van der Waals surface area contributed by atoms with Crippen molar-refractivity contribution in [1.82, 2.24) is 5.32 Å². The van der Waals surface area contributed by atoms with Gasteiger partial charge in [0, 0.05) is 17.9 Å². The molecule has 7 heteroatoms. The standard InChI is InChI=1S/C27H41NO6/c1-14(2)10-19-23-17(5)16(4)12-18-11-15(3)8-9-20(29)24-21(32-26(6,7)34-24)13-22(30)33-27(18,23)25(31)28-19/h11-12,14,17-21,23-24,29H,8-10,13H2,1-7H3,(H,28,31)/b15-11+/t17-,18+,19-,20+,21-,23-,24+,27-/m1/s1. The van der Waals surface area contributed by atoms with E-state index in [2.05, 4.69) is 45.2 Å². The topological polar surface area (TPSA) is 94.1 Å². The third-order valence-electron chi connectivity index (χ3n) is 8.07. The highest BCUT2D eigenvalue weighted by Gasteiger charge is 2.64. The first-order chi connectivity index (χ1) is 15.8. The van der Waals surface area contributed by atoms with Gasteiger partial charge in [-0.15, -0.1) is 0 Å². The van der Waals surface area contributed by atoms with E-state index in [9.17, 15) is 14.7 Å². The minimum Gasteiger partial charge on any atom is -0.447 e. The monoisotopic (exact) mass is 475 g/mol. The summed E-state index contributed by atoms with van der Waals surface area (Å²) < 4.78 is 18.3. The van der Waals surface area contributed by atoms with Crippen LogP contribution >= 0.6 is 0 Å². The van der Waals surface area contributed by atoms with Crippen LogP contribution in [0.5, 0.6) is 0 Å². The zero-order valence-corrected chi connectivity index (χ0v) is 21.6. The predicted molar refractivity (Wildman–Crippen MR) is 128 cm³/mol. The number of allylic oxidation sites excluding steroid dienone is 2. The Morgan fingerprint density at radius 2 is 1.88 bits per heavy atom. The molecular formula is C27H41NO6. The van der Waals surface area contributed by atoms with Gasteiger partial charge in [-0.3, -0.25) is 9.59 Å². The van der Waals surface area contributed by atoms with Gasteiger partial charge < -0.3 is 24.6 Å². The average Bonchev–Trinajstić information content (AvgIpc) is 3.16. The van der Waals surface area contributed by atoms with Crippen molar-refractivity contribution in [3.8, 4) is 0 Å². The maximum absolute atomic E-state index is 13.7. The molecule has 3 aliphatic heterocycles. The summed E-state index contributed by atoms with van der Waals surface area (Å²) in [6.45, 7) is 14.1. The summed E-state index contributed by atoms with van der Waals surface area (Å²) in [5, 5.41) is 14.1. The lowest BCUT2D eigenvalue weighted by Crippen LogP contribution is -2.56. The van der Waals surface area contributed by atoms with Crippen molar-refractivity contribution in [2.24, 2.45) is 23.7 Å². The number of nitrogens with one attached hydrogen (secondary N) is 1. The minimum absolute atomic E-state index is 0.0670. The first kappa shape index (κ1) is 25.4. The molecule has 0 aromatic carbocycles. The first-order valence-electron chi connectivity index (χ1n) is 12.8. The number of hydrogen-bond donors (Lipinski definition) is 2. The highest BCUT2D eigenvalue weighted by atomic mass is 16.8. The Hall–Kier alpha value is -1.70. The summed E-state index contributed by atoms with van der Waals surface area (Å²) in [6, 6.07) is -0.0670. The molecule has 0 radical (unpaired) electrons. The fraction of sp³-hybridized carbons (Fsp3) is 0.778. The zero-order valence-electron chi connectivity index (χ0n) is 21.6. The second kappa shape index (κ2) is 9.07. The van der Waals surface area contributed by atoms with Gasteiger partial charge in [0.25, 0.3) is 5.91 Å². The Balaban J connectivity index is 1.78. The summed E-state index contributed by atoms with van der Waals surface area (Å²) >= 11 is 0. The SMILES string of the molecule is CC1=C[C@@H]2/C=C(\C)CC[C@H](O)[C@@H]3OC(C)(C)O[C@@H]3CC(=O)O[C@]23C(=O)N[C@H](CC(C)C)[C@H]3[C@@H]1C. The van der Waals surface area contributed by atoms with Crippen LogP contribution in [0.15, 0.2) is 23.3 Å². The molecule has 1 spiro atoms. The van der Waals surface area contributed by atoms with Gasteiger partial charge >= 0.3 is 5.97 Å². The summed E-state index contributed by atoms with van der Waals surface area (Å²) in [6.07, 6.45) is 4.02. The van der Waals surface area contributed by atoms with Crippen LogP contribution < -0.4 is 5.32 Å². The van der Waals surface area contributed by atoms with Crippen LogP contribution in [0, 0.1) is 23.7 Å². The fourth-order valence-electron chi connectivity index (χ4n) is 6.50. The highest BCUT2D eigenvalue weighted by Crippen LogP contribution is 2.51. The number of carbonyl (C=O) groups is 2. The van der Waals surface area contributed by atoms with Crippen LogP contribution in [0.1, 0.15) is 74.1 Å². The molecule has 190 valence electrons. The van der Waals surface area contributed by atoms with E-state index in [0.717, 1.165) is 12.0 Å². The maximum atomic E-state index is 13.7. The van der Waals surface area contributed by atoms with Gasteiger partial charge in [-0.25, -0.2) is 0 Å². The van der Waals surface area contributed by atoms with E-state index in [0.29, 0.717) is 18.8 Å². The lowest BCUT2D eigenvalue weighted by Gasteiger charge is -2.45. The van der Waals surface area contributed by atoms with Crippen molar-refractivity contribution >= 4 is 11.9 Å². The second-order valence-electron chi connectivity index (χ2n) is 11.7. The molecule has 1 aliphatic carbocycles. The highest BCUT2D eigenvalue weighted by molar-refractivity contribution is 5.92. The molecule has 4 rings (SSSR count). The Morgan fingerprint density at radius 1 is 1.18 bits per heavy atom. The molecule has 0 unspecified atom stereocenters. The molecule has 0 aromatic rings. The number of carbonyl (C=O) groups excluding carboxylic acids is 2. The molecule has 3 heterocycles. The second-order valence-corrected chi connectivity index (χ2v) is 11.7. The first-order valence-corrected chi connectivity index (χ1v) is 12.8. The molecule has 8 atom stereocenters. The minimum atomic E-state index is -1.29. The molecule has 2 saturated heterocycles. The van der Waals surface area contributed by atoms with Crippen LogP contribution in [-0.2, 0) is 23.8 Å². The van der Waals surface area contributed by atoms with E-state index < -0.39 is 35.7 Å². The molecular weight excluding hydrogens is 434 g/mol. The Kier molecular flexibility index (Phi) is 6.77. The number of aliphatic hydroxyl groups excluding tert-OH is 1. The van der Waals surface area contributed by atoms with Gasteiger partial charge in [0.2, 0.25) is 5.60 Å². The Labute approximate surface area is 203 Å². The lowest BCUT2D eigenvalue weighted by molar-refractivity contribution is -0.180. The van der Waals surface area contributed by atoms with Gasteiger partial charge in [0.1, 0.15) is 12.2 Å². The zero-order chi connectivity index (χ0) is 25.0. The van der Waals surface area contributed by atoms with Crippen molar-refractivity contribution in [1.29, 1.82) is 0 Å². The molecule has 34 heavy (non-hydrogen) atoms. The van der Waals surface area contributed by atoms with Crippen molar-refractivity contribution in [2.45, 2.75) is 110 Å². The fourth-order valence-corrected chi connectivity index (χ4v) is 6.50. The van der Waals surface area contributed by atoms with Crippen molar-refractivity contribution in [3.05, 3.63) is 23.3 Å². The van der Waals surface area contributed by atoms with E-state index in [1.54, 1.807) is 13.8 Å². The molecule has 0 saturated carbocycles. The summed E-state index contributed by atoms with van der Waals surface area (Å²) in [5.74, 6) is -1.65. The third-order valence-corrected chi connectivity index (χ3v) is 8.07. The molecule has 2 fully saturated rings. The number of hydrogen-bond acceptors (Lipinski definition) is 6. The van der Waals surface area contributed by atoms with E-state index in [4.69, 9.17) is 14.2 Å². The van der Waals surface area contributed by atoms with Gasteiger partial charge in [0.05, 0.1) is 12.5 Å². The lowest BCUT2D eigenvalue weighted by atomic mass is 9.63. The molecule has 7 nitrogen and oxygen atoms in total. The van der Waals surface area contributed by atoms with Gasteiger partial charge in [0.15, 0.2) is 5.79 Å².